The maximum Gasteiger partial charge on any atom is 0.262 e. The van der Waals surface area contributed by atoms with Gasteiger partial charge in [-0.2, -0.15) is 0 Å². The molecule has 1 N–H and O–H groups in total. The molecule has 17 heavy (non-hydrogen) atoms. The largest absolute Gasteiger partial charge is 0.389 e. The van der Waals surface area contributed by atoms with Gasteiger partial charge in [-0.3, -0.25) is 15.1 Å². The summed E-state index contributed by atoms with van der Waals surface area (Å²) in [5, 5.41) is 20.8. The SMILES string of the molecule is O=[N+]([O-])C(CO)c1c(Cl)cnc2ccccc12. The molecule has 1 heterocycles. The Kier molecular flexibility index (Phi) is 3.21. The summed E-state index contributed by atoms with van der Waals surface area (Å²) >= 11 is 5.94. The van der Waals surface area contributed by atoms with Crippen LogP contribution in [0.25, 0.3) is 10.9 Å². The van der Waals surface area contributed by atoms with Gasteiger partial charge in [0.05, 0.1) is 16.1 Å². The number of pyridine rings is 1. The first-order valence-corrected chi connectivity index (χ1v) is 5.30. The molecule has 1 atom stereocenters. The summed E-state index contributed by atoms with van der Waals surface area (Å²) < 4.78 is 0. The van der Waals surface area contributed by atoms with Crippen LogP contribution in [-0.4, -0.2) is 21.6 Å². The van der Waals surface area contributed by atoms with Gasteiger partial charge in [-0.25, -0.2) is 0 Å². The Balaban J connectivity index is 2.73. The van der Waals surface area contributed by atoms with E-state index in [1.165, 1.54) is 6.20 Å². The number of nitrogens with zero attached hydrogens (tertiary/aromatic N) is 2. The number of hydrogen-bond acceptors (Lipinski definition) is 4. The number of hydrogen-bond donors (Lipinski definition) is 1. The molecule has 2 aromatic rings. The Morgan fingerprint density at radius 3 is 2.82 bits per heavy atom. The maximum atomic E-state index is 10.9. The van der Waals surface area contributed by atoms with Crippen molar-refractivity contribution in [2.24, 2.45) is 0 Å². The quantitative estimate of drug-likeness (QED) is 0.671. The zero-order chi connectivity index (χ0) is 12.4. The molecular weight excluding hydrogens is 244 g/mol. The lowest BCUT2D eigenvalue weighted by Gasteiger charge is -2.11. The molecule has 0 aliphatic heterocycles. The number of aliphatic hydroxyl groups excluding tert-OH is 1. The highest BCUT2D eigenvalue weighted by atomic mass is 35.5. The Morgan fingerprint density at radius 1 is 1.47 bits per heavy atom. The molecule has 1 aromatic heterocycles. The molecule has 1 aromatic carbocycles. The third kappa shape index (κ3) is 2.07. The van der Waals surface area contributed by atoms with E-state index in [4.69, 9.17) is 16.7 Å². The number of fused-ring (bicyclic) bond motifs is 1. The van der Waals surface area contributed by atoms with Gasteiger partial charge >= 0.3 is 0 Å². The molecule has 88 valence electrons. The van der Waals surface area contributed by atoms with Crippen molar-refractivity contribution in [1.82, 2.24) is 4.98 Å². The number of para-hydroxylation sites is 1. The van der Waals surface area contributed by atoms with E-state index in [0.717, 1.165) is 0 Å². The summed E-state index contributed by atoms with van der Waals surface area (Å²) in [7, 11) is 0. The number of aliphatic hydroxyl groups is 1. The third-order valence-corrected chi connectivity index (χ3v) is 2.83. The van der Waals surface area contributed by atoms with Gasteiger partial charge in [0.2, 0.25) is 0 Å². The molecule has 0 saturated carbocycles. The predicted molar refractivity (Wildman–Crippen MR) is 63.6 cm³/mol. The minimum absolute atomic E-state index is 0.194. The summed E-state index contributed by atoms with van der Waals surface area (Å²) in [6, 6.07) is 5.75. The summed E-state index contributed by atoms with van der Waals surface area (Å²) in [5.41, 5.74) is 0.928. The van der Waals surface area contributed by atoms with Crippen molar-refractivity contribution < 1.29 is 10.0 Å². The van der Waals surface area contributed by atoms with Crippen LogP contribution in [0.1, 0.15) is 11.6 Å². The van der Waals surface area contributed by atoms with Crippen molar-refractivity contribution in [3.63, 3.8) is 0 Å². The fourth-order valence-corrected chi connectivity index (χ4v) is 2.02. The number of aromatic nitrogens is 1. The second-order valence-electron chi connectivity index (χ2n) is 3.52. The van der Waals surface area contributed by atoms with Gasteiger partial charge in [0.25, 0.3) is 6.04 Å². The van der Waals surface area contributed by atoms with E-state index < -0.39 is 17.6 Å². The first-order chi connectivity index (χ1) is 8.15. The minimum Gasteiger partial charge on any atom is -0.389 e. The van der Waals surface area contributed by atoms with Crippen molar-refractivity contribution in [1.29, 1.82) is 0 Å². The number of benzene rings is 1. The standard InChI is InChI=1S/C11H9ClN2O3/c12-8-5-13-9-4-2-1-3-7(9)11(8)10(6-15)14(16)17/h1-5,10,15H,6H2. The van der Waals surface area contributed by atoms with Crippen molar-refractivity contribution in [2.45, 2.75) is 6.04 Å². The zero-order valence-corrected chi connectivity index (χ0v) is 9.46. The second kappa shape index (κ2) is 4.65. The van der Waals surface area contributed by atoms with E-state index in [9.17, 15) is 10.1 Å². The maximum absolute atomic E-state index is 10.9. The predicted octanol–water partition coefficient (Wildman–Crippen LogP) is 2.20. The summed E-state index contributed by atoms with van der Waals surface area (Å²) in [6.45, 7) is -0.597. The molecule has 0 radical (unpaired) electrons. The zero-order valence-electron chi connectivity index (χ0n) is 8.71. The van der Waals surface area contributed by atoms with Crippen molar-refractivity contribution >= 4 is 22.5 Å². The lowest BCUT2D eigenvalue weighted by molar-refractivity contribution is -0.532. The van der Waals surface area contributed by atoms with E-state index in [1.54, 1.807) is 24.3 Å². The van der Waals surface area contributed by atoms with Gasteiger partial charge in [0.15, 0.2) is 0 Å². The lowest BCUT2D eigenvalue weighted by Crippen LogP contribution is -2.15. The smallest absolute Gasteiger partial charge is 0.262 e. The van der Waals surface area contributed by atoms with Crippen LogP contribution in [0.2, 0.25) is 5.02 Å². The van der Waals surface area contributed by atoms with E-state index in [0.29, 0.717) is 16.5 Å². The lowest BCUT2D eigenvalue weighted by atomic mass is 10.0. The molecule has 0 fully saturated rings. The van der Waals surface area contributed by atoms with Crippen molar-refractivity contribution in [3.05, 3.63) is 51.2 Å². The fourth-order valence-electron chi connectivity index (χ4n) is 1.74. The van der Waals surface area contributed by atoms with E-state index in [-0.39, 0.29) is 5.02 Å². The van der Waals surface area contributed by atoms with E-state index in [1.807, 2.05) is 0 Å². The van der Waals surface area contributed by atoms with Crippen molar-refractivity contribution in [3.8, 4) is 0 Å². The van der Waals surface area contributed by atoms with Gasteiger partial charge in [-0.1, -0.05) is 29.8 Å². The monoisotopic (exact) mass is 252 g/mol. The first-order valence-electron chi connectivity index (χ1n) is 4.92. The normalized spacial score (nSPS) is 12.6. The molecule has 0 bridgehead atoms. The molecule has 0 amide bonds. The van der Waals surface area contributed by atoms with Crippen LogP contribution in [0.5, 0.6) is 0 Å². The Morgan fingerprint density at radius 2 is 2.18 bits per heavy atom. The molecule has 0 aliphatic rings. The molecule has 2 rings (SSSR count). The van der Waals surface area contributed by atoms with Crippen LogP contribution in [0.4, 0.5) is 0 Å². The topological polar surface area (TPSA) is 76.3 Å². The average Bonchev–Trinajstić information content (AvgIpc) is 2.32. The van der Waals surface area contributed by atoms with Gasteiger partial charge in [-0.15, -0.1) is 0 Å². The first kappa shape index (κ1) is 11.8. The van der Waals surface area contributed by atoms with Crippen LogP contribution in [0.15, 0.2) is 30.5 Å². The molecule has 0 aliphatic carbocycles. The number of rotatable bonds is 3. The van der Waals surface area contributed by atoms with Gasteiger partial charge in [0.1, 0.15) is 6.61 Å². The van der Waals surface area contributed by atoms with Gasteiger partial charge in [-0.05, 0) is 6.07 Å². The molecule has 1 unspecified atom stereocenters. The highest BCUT2D eigenvalue weighted by Crippen LogP contribution is 2.31. The number of halogens is 1. The molecule has 0 spiro atoms. The molecular formula is C11H9ClN2O3. The molecule has 0 saturated heterocycles. The van der Waals surface area contributed by atoms with Crippen LogP contribution in [-0.2, 0) is 0 Å². The van der Waals surface area contributed by atoms with Crippen LogP contribution >= 0.6 is 11.6 Å². The van der Waals surface area contributed by atoms with Crippen LogP contribution in [0, 0.1) is 10.1 Å². The highest BCUT2D eigenvalue weighted by molar-refractivity contribution is 6.32. The average molecular weight is 253 g/mol. The third-order valence-electron chi connectivity index (χ3n) is 2.53. The van der Waals surface area contributed by atoms with Crippen molar-refractivity contribution in [2.75, 3.05) is 6.61 Å². The summed E-state index contributed by atoms with van der Waals surface area (Å²) in [4.78, 5) is 14.4. The Labute approximate surface area is 102 Å². The van der Waals surface area contributed by atoms with Crippen LogP contribution in [0.3, 0.4) is 0 Å². The van der Waals surface area contributed by atoms with E-state index >= 15 is 0 Å². The molecule has 6 heteroatoms. The van der Waals surface area contributed by atoms with Gasteiger partial charge < -0.3 is 5.11 Å². The second-order valence-corrected chi connectivity index (χ2v) is 3.93. The number of nitro groups is 1. The Bertz CT molecular complexity index is 574. The van der Waals surface area contributed by atoms with Crippen LogP contribution < -0.4 is 0 Å². The summed E-state index contributed by atoms with van der Waals surface area (Å²) in [6.07, 6.45) is 1.37. The van der Waals surface area contributed by atoms with Gasteiger partial charge in [0, 0.05) is 16.5 Å². The minimum atomic E-state index is -1.23. The Hall–Kier alpha value is -1.72. The summed E-state index contributed by atoms with van der Waals surface area (Å²) in [5.74, 6) is 0. The van der Waals surface area contributed by atoms with E-state index in [2.05, 4.69) is 4.98 Å². The molecule has 5 nitrogen and oxygen atoms in total. The highest BCUT2D eigenvalue weighted by Gasteiger charge is 2.26. The fraction of sp³-hybridized carbons (Fsp3) is 0.182.